The molecule has 9 heteroatoms. The second-order valence-corrected chi connectivity index (χ2v) is 8.89. The fourth-order valence-electron chi connectivity index (χ4n) is 3.85. The molecule has 3 aromatic carbocycles. The number of carbonyl (C=O) groups is 3. The molecular weight excluding hydrogens is 500 g/mol. The molecule has 0 saturated carbocycles. The maximum atomic E-state index is 12.9. The zero-order valence-electron chi connectivity index (χ0n) is 22.6. The summed E-state index contributed by atoms with van der Waals surface area (Å²) in [6.45, 7) is 7.51. The third-order valence-electron chi connectivity index (χ3n) is 5.74. The van der Waals surface area contributed by atoms with Gasteiger partial charge in [0.25, 0.3) is 5.91 Å². The topological polar surface area (TPSA) is 123 Å². The summed E-state index contributed by atoms with van der Waals surface area (Å²) in [5.41, 5.74) is 2.29. The van der Waals surface area contributed by atoms with Gasteiger partial charge in [-0.2, -0.15) is 0 Å². The molecule has 206 valence electrons. The number of phenolic OH excluding ortho intramolecular Hbond substituents is 1. The zero-order chi connectivity index (χ0) is 28.4. The molecule has 3 aromatic rings. The number of nitrogens with one attached hydrogen (secondary N) is 2. The molecule has 0 aliphatic carbocycles. The van der Waals surface area contributed by atoms with Gasteiger partial charge in [-0.25, -0.2) is 0 Å². The highest BCUT2D eigenvalue weighted by molar-refractivity contribution is 5.96. The summed E-state index contributed by atoms with van der Waals surface area (Å²) in [6, 6.07) is 17.1. The van der Waals surface area contributed by atoms with Crippen molar-refractivity contribution in [1.82, 2.24) is 0 Å². The number of hydrogen-bond donors (Lipinski definition) is 3. The minimum absolute atomic E-state index is 0.00986. The number of ether oxygens (including phenoxy) is 3. The predicted octanol–water partition coefficient (Wildman–Crippen LogP) is 5.88. The Bertz CT molecular complexity index is 1280. The van der Waals surface area contributed by atoms with Crippen LogP contribution in [-0.4, -0.2) is 35.6 Å². The van der Waals surface area contributed by atoms with Gasteiger partial charge < -0.3 is 30.0 Å². The number of anilines is 2. The van der Waals surface area contributed by atoms with Crippen LogP contribution in [0.5, 0.6) is 23.0 Å². The number of phenols is 1. The third kappa shape index (κ3) is 8.49. The SMILES string of the molecule is CCOC(=O)CCC(=O)Nc1cc(C)c(Oc2ccc(O)c(NC(=O)C(CC)Oc3ccccc3)c2)c(C)c1. The summed E-state index contributed by atoms with van der Waals surface area (Å²) in [5, 5.41) is 15.9. The minimum Gasteiger partial charge on any atom is -0.506 e. The second-order valence-electron chi connectivity index (χ2n) is 8.89. The summed E-state index contributed by atoms with van der Waals surface area (Å²) in [5.74, 6) is 0.325. The highest BCUT2D eigenvalue weighted by Gasteiger charge is 2.20. The molecule has 1 atom stereocenters. The Balaban J connectivity index is 1.68. The summed E-state index contributed by atoms with van der Waals surface area (Å²) in [4.78, 5) is 36.6. The Labute approximate surface area is 228 Å². The van der Waals surface area contributed by atoms with Crippen molar-refractivity contribution in [2.75, 3.05) is 17.2 Å². The number of benzene rings is 3. The lowest BCUT2D eigenvalue weighted by Crippen LogP contribution is -2.32. The lowest BCUT2D eigenvalue weighted by molar-refractivity contribution is -0.144. The van der Waals surface area contributed by atoms with Crippen LogP contribution in [0.2, 0.25) is 0 Å². The highest BCUT2D eigenvalue weighted by Crippen LogP contribution is 2.35. The van der Waals surface area contributed by atoms with Crippen LogP contribution in [0.4, 0.5) is 11.4 Å². The molecule has 0 fully saturated rings. The first-order valence-electron chi connectivity index (χ1n) is 12.8. The average molecular weight is 535 g/mol. The maximum absolute atomic E-state index is 12.9. The molecule has 9 nitrogen and oxygen atoms in total. The molecule has 0 aliphatic heterocycles. The summed E-state index contributed by atoms with van der Waals surface area (Å²) < 4.78 is 16.7. The van der Waals surface area contributed by atoms with E-state index in [0.717, 1.165) is 11.1 Å². The van der Waals surface area contributed by atoms with Gasteiger partial charge in [-0.1, -0.05) is 25.1 Å². The van der Waals surface area contributed by atoms with Gasteiger partial charge in [0.1, 0.15) is 23.0 Å². The summed E-state index contributed by atoms with van der Waals surface area (Å²) >= 11 is 0. The first-order valence-corrected chi connectivity index (χ1v) is 12.8. The van der Waals surface area contributed by atoms with Gasteiger partial charge in [0.15, 0.2) is 6.10 Å². The molecular formula is C30H34N2O7. The highest BCUT2D eigenvalue weighted by atomic mass is 16.5. The van der Waals surface area contributed by atoms with Crippen LogP contribution in [0.25, 0.3) is 0 Å². The van der Waals surface area contributed by atoms with Crippen LogP contribution in [0, 0.1) is 13.8 Å². The van der Waals surface area contributed by atoms with Gasteiger partial charge in [-0.15, -0.1) is 0 Å². The lowest BCUT2D eigenvalue weighted by Gasteiger charge is -2.18. The molecule has 3 rings (SSSR count). The van der Waals surface area contributed by atoms with Gasteiger partial charge in [0.05, 0.1) is 18.7 Å². The standard InChI is InChI=1S/C30H34N2O7/c1-5-26(38-22-10-8-7-9-11-22)30(36)32-24-18-23(12-13-25(24)33)39-29-19(3)16-21(17-20(29)4)31-27(34)14-15-28(35)37-6-2/h7-13,16-18,26,33H,5-6,14-15H2,1-4H3,(H,31,34)(H,32,36). The van der Waals surface area contributed by atoms with E-state index in [9.17, 15) is 19.5 Å². The number of rotatable bonds is 12. The van der Waals surface area contributed by atoms with Crippen molar-refractivity contribution in [3.63, 3.8) is 0 Å². The van der Waals surface area contributed by atoms with E-state index in [2.05, 4.69) is 10.6 Å². The number of hydrogen-bond acceptors (Lipinski definition) is 7. The van der Waals surface area contributed by atoms with Gasteiger partial charge in [-0.3, -0.25) is 14.4 Å². The Morgan fingerprint density at radius 1 is 0.872 bits per heavy atom. The average Bonchev–Trinajstić information content (AvgIpc) is 2.90. The first-order chi connectivity index (χ1) is 18.7. The molecule has 0 bridgehead atoms. The van der Waals surface area contributed by atoms with Crippen molar-refractivity contribution >= 4 is 29.2 Å². The van der Waals surface area contributed by atoms with E-state index < -0.39 is 18.0 Å². The Morgan fingerprint density at radius 3 is 2.21 bits per heavy atom. The zero-order valence-corrected chi connectivity index (χ0v) is 22.6. The molecule has 0 radical (unpaired) electrons. The Morgan fingerprint density at radius 2 is 1.56 bits per heavy atom. The largest absolute Gasteiger partial charge is 0.506 e. The van der Waals surface area contributed by atoms with Gasteiger partial charge in [0, 0.05) is 18.2 Å². The smallest absolute Gasteiger partial charge is 0.306 e. The van der Waals surface area contributed by atoms with E-state index in [1.165, 1.54) is 12.1 Å². The molecule has 1 unspecified atom stereocenters. The van der Waals surface area contributed by atoms with Crippen LogP contribution in [0.1, 0.15) is 44.2 Å². The van der Waals surface area contributed by atoms with Crippen LogP contribution < -0.4 is 20.1 Å². The third-order valence-corrected chi connectivity index (χ3v) is 5.74. The predicted molar refractivity (Wildman–Crippen MR) is 148 cm³/mol. The summed E-state index contributed by atoms with van der Waals surface area (Å²) in [6.07, 6.45) is -0.287. The Hall–Kier alpha value is -4.53. The van der Waals surface area contributed by atoms with Gasteiger partial charge in [0.2, 0.25) is 5.91 Å². The molecule has 0 aliphatic rings. The van der Waals surface area contributed by atoms with Crippen molar-refractivity contribution in [3.8, 4) is 23.0 Å². The molecule has 0 spiro atoms. The van der Waals surface area contributed by atoms with Crippen molar-refractivity contribution in [2.24, 2.45) is 0 Å². The van der Waals surface area contributed by atoms with E-state index in [0.29, 0.717) is 29.4 Å². The van der Waals surface area contributed by atoms with Crippen LogP contribution in [0.15, 0.2) is 60.7 Å². The van der Waals surface area contributed by atoms with E-state index in [-0.39, 0.29) is 36.8 Å². The molecule has 3 N–H and O–H groups in total. The number of amides is 2. The van der Waals surface area contributed by atoms with E-state index in [1.54, 1.807) is 37.3 Å². The van der Waals surface area contributed by atoms with E-state index >= 15 is 0 Å². The fourth-order valence-corrected chi connectivity index (χ4v) is 3.85. The number of carbonyl (C=O) groups excluding carboxylic acids is 3. The molecule has 39 heavy (non-hydrogen) atoms. The minimum atomic E-state index is -0.749. The number of esters is 1. The number of aromatic hydroxyl groups is 1. The van der Waals surface area contributed by atoms with Crippen LogP contribution in [-0.2, 0) is 19.1 Å². The van der Waals surface area contributed by atoms with Crippen molar-refractivity contribution in [3.05, 3.63) is 71.8 Å². The monoisotopic (exact) mass is 534 g/mol. The van der Waals surface area contributed by atoms with Crippen LogP contribution >= 0.6 is 0 Å². The molecule has 0 saturated heterocycles. The van der Waals surface area contributed by atoms with Crippen molar-refractivity contribution in [2.45, 2.75) is 53.1 Å². The van der Waals surface area contributed by atoms with Crippen molar-refractivity contribution < 1.29 is 33.7 Å². The fraction of sp³-hybridized carbons (Fsp3) is 0.300. The number of aryl methyl sites for hydroxylation is 2. The lowest BCUT2D eigenvalue weighted by atomic mass is 10.1. The Kier molecular flexibility index (Phi) is 10.3. The first kappa shape index (κ1) is 29.0. The normalized spacial score (nSPS) is 11.3. The summed E-state index contributed by atoms with van der Waals surface area (Å²) in [7, 11) is 0. The molecule has 0 aromatic heterocycles. The van der Waals surface area contributed by atoms with Crippen molar-refractivity contribution in [1.29, 1.82) is 0 Å². The van der Waals surface area contributed by atoms with Gasteiger partial charge >= 0.3 is 5.97 Å². The van der Waals surface area contributed by atoms with E-state index in [1.807, 2.05) is 39.0 Å². The molecule has 2 amide bonds. The van der Waals surface area contributed by atoms with Crippen LogP contribution in [0.3, 0.4) is 0 Å². The quantitative estimate of drug-likeness (QED) is 0.196. The van der Waals surface area contributed by atoms with Gasteiger partial charge in [-0.05, 0) is 74.7 Å². The number of para-hydroxylation sites is 1. The maximum Gasteiger partial charge on any atom is 0.306 e. The molecule has 0 heterocycles. The van der Waals surface area contributed by atoms with E-state index in [4.69, 9.17) is 14.2 Å². The second kappa shape index (κ2) is 13.9.